The van der Waals surface area contributed by atoms with Crippen molar-refractivity contribution in [2.24, 2.45) is 5.92 Å². The highest BCUT2D eigenvalue weighted by Gasteiger charge is 2.21. The van der Waals surface area contributed by atoms with Crippen LogP contribution in [0.2, 0.25) is 0 Å². The van der Waals surface area contributed by atoms with Gasteiger partial charge in [-0.1, -0.05) is 32.9 Å². The Bertz CT molecular complexity index is 498. The molecule has 0 aliphatic rings. The van der Waals surface area contributed by atoms with Gasteiger partial charge in [0.05, 0.1) is 13.0 Å². The van der Waals surface area contributed by atoms with Gasteiger partial charge >= 0.3 is 5.97 Å². The zero-order chi connectivity index (χ0) is 17.2. The van der Waals surface area contributed by atoms with Gasteiger partial charge in [0.1, 0.15) is 5.75 Å². The Morgan fingerprint density at radius 2 is 1.83 bits per heavy atom. The van der Waals surface area contributed by atoms with E-state index in [-0.39, 0.29) is 24.4 Å². The van der Waals surface area contributed by atoms with Crippen LogP contribution >= 0.6 is 0 Å². The molecular weight excluding hydrogens is 294 g/mol. The molecule has 23 heavy (non-hydrogen) atoms. The van der Waals surface area contributed by atoms with Crippen molar-refractivity contribution in [1.82, 2.24) is 4.90 Å². The van der Waals surface area contributed by atoms with Gasteiger partial charge < -0.3 is 14.4 Å². The van der Waals surface area contributed by atoms with Crippen LogP contribution in [0.15, 0.2) is 24.3 Å². The van der Waals surface area contributed by atoms with Crippen molar-refractivity contribution in [2.45, 2.75) is 33.6 Å². The maximum Gasteiger partial charge on any atom is 0.310 e. The molecule has 0 N–H and O–H groups in total. The van der Waals surface area contributed by atoms with Gasteiger partial charge in [-0.15, -0.1) is 0 Å². The minimum atomic E-state index is -0.348. The molecule has 0 heterocycles. The molecule has 1 rings (SSSR count). The Balaban J connectivity index is 2.57. The molecule has 0 aliphatic heterocycles. The summed E-state index contributed by atoms with van der Waals surface area (Å²) in [6.07, 6.45) is 1.79. The quantitative estimate of drug-likeness (QED) is 0.656. The summed E-state index contributed by atoms with van der Waals surface area (Å²) in [7, 11) is 1.36. The van der Waals surface area contributed by atoms with Crippen LogP contribution in [0.5, 0.6) is 5.75 Å². The number of ether oxygens (including phenoxy) is 2. The lowest BCUT2D eigenvalue weighted by atomic mass is 10.1. The van der Waals surface area contributed by atoms with E-state index in [1.807, 2.05) is 31.2 Å². The van der Waals surface area contributed by atoms with Gasteiger partial charge in [0.15, 0.2) is 6.61 Å². The first-order valence-corrected chi connectivity index (χ1v) is 8.09. The SMILES string of the molecule is CCCN(CC(C)C(=O)OC)C(=O)COc1ccc(CC)cc1. The number of hydrogen-bond acceptors (Lipinski definition) is 4. The van der Waals surface area contributed by atoms with E-state index in [0.717, 1.165) is 12.8 Å². The number of aryl methyl sites for hydroxylation is 1. The summed E-state index contributed by atoms with van der Waals surface area (Å²) in [6.45, 7) is 6.75. The van der Waals surface area contributed by atoms with Gasteiger partial charge in [-0.25, -0.2) is 0 Å². The number of esters is 1. The Morgan fingerprint density at radius 1 is 1.17 bits per heavy atom. The Kier molecular flexibility index (Phi) is 8.16. The predicted molar refractivity (Wildman–Crippen MR) is 89.4 cm³/mol. The van der Waals surface area contributed by atoms with Gasteiger partial charge in [-0.2, -0.15) is 0 Å². The van der Waals surface area contributed by atoms with E-state index < -0.39 is 0 Å². The molecule has 0 aromatic heterocycles. The fraction of sp³-hybridized carbons (Fsp3) is 0.556. The first-order valence-electron chi connectivity index (χ1n) is 8.09. The van der Waals surface area contributed by atoms with Gasteiger partial charge in [0.2, 0.25) is 0 Å². The summed E-state index contributed by atoms with van der Waals surface area (Å²) in [5.41, 5.74) is 1.23. The Morgan fingerprint density at radius 3 is 2.35 bits per heavy atom. The third-order valence-electron chi connectivity index (χ3n) is 3.64. The van der Waals surface area contributed by atoms with Crippen LogP contribution in [0.1, 0.15) is 32.8 Å². The highest BCUT2D eigenvalue weighted by atomic mass is 16.5. The molecule has 0 bridgehead atoms. The first kappa shape index (κ1) is 19.0. The van der Waals surface area contributed by atoms with E-state index in [0.29, 0.717) is 18.8 Å². The number of nitrogens with zero attached hydrogens (tertiary/aromatic N) is 1. The lowest BCUT2D eigenvalue weighted by Crippen LogP contribution is -2.40. The van der Waals surface area contributed by atoms with Crippen molar-refractivity contribution in [3.63, 3.8) is 0 Å². The largest absolute Gasteiger partial charge is 0.484 e. The summed E-state index contributed by atoms with van der Waals surface area (Å²) in [6, 6.07) is 7.71. The molecule has 0 saturated heterocycles. The van der Waals surface area contributed by atoms with Gasteiger partial charge in [0.25, 0.3) is 5.91 Å². The van der Waals surface area contributed by atoms with Crippen LogP contribution in [0.25, 0.3) is 0 Å². The standard InChI is InChI=1S/C18H27NO4/c1-5-11-19(12-14(3)18(21)22-4)17(20)13-23-16-9-7-15(6-2)8-10-16/h7-10,14H,5-6,11-13H2,1-4H3. The number of rotatable bonds is 9. The minimum absolute atomic E-state index is 0.0284. The van der Waals surface area contributed by atoms with E-state index in [2.05, 4.69) is 6.92 Å². The number of amides is 1. The van der Waals surface area contributed by atoms with Crippen molar-refractivity contribution >= 4 is 11.9 Å². The fourth-order valence-electron chi connectivity index (χ4n) is 2.25. The summed E-state index contributed by atoms with van der Waals surface area (Å²) in [5.74, 6) is -0.107. The second-order valence-electron chi connectivity index (χ2n) is 5.55. The third kappa shape index (κ3) is 6.30. The first-order chi connectivity index (χ1) is 11.0. The molecule has 5 heteroatoms. The second kappa shape index (κ2) is 9.87. The van der Waals surface area contributed by atoms with Crippen LogP contribution in [0.4, 0.5) is 0 Å². The van der Waals surface area contributed by atoms with Crippen molar-refractivity contribution in [3.05, 3.63) is 29.8 Å². The summed E-state index contributed by atoms with van der Waals surface area (Å²) >= 11 is 0. The van der Waals surface area contributed by atoms with Gasteiger partial charge in [-0.3, -0.25) is 9.59 Å². The monoisotopic (exact) mass is 321 g/mol. The molecule has 1 amide bonds. The van der Waals surface area contributed by atoms with E-state index in [1.54, 1.807) is 11.8 Å². The second-order valence-corrected chi connectivity index (χ2v) is 5.55. The molecule has 1 atom stereocenters. The topological polar surface area (TPSA) is 55.8 Å². The number of methoxy groups -OCH3 is 1. The number of carbonyl (C=O) groups is 2. The highest BCUT2D eigenvalue weighted by Crippen LogP contribution is 2.13. The number of carbonyl (C=O) groups excluding carboxylic acids is 2. The van der Waals surface area contributed by atoms with Crippen LogP contribution in [0.3, 0.4) is 0 Å². The van der Waals surface area contributed by atoms with Crippen LogP contribution in [-0.4, -0.2) is 43.6 Å². The molecular formula is C18H27NO4. The lowest BCUT2D eigenvalue weighted by molar-refractivity contribution is -0.146. The number of benzene rings is 1. The maximum atomic E-state index is 12.3. The van der Waals surface area contributed by atoms with E-state index >= 15 is 0 Å². The van der Waals surface area contributed by atoms with Gasteiger partial charge in [-0.05, 0) is 30.5 Å². The van der Waals surface area contributed by atoms with E-state index in [9.17, 15) is 9.59 Å². The third-order valence-corrected chi connectivity index (χ3v) is 3.64. The average Bonchev–Trinajstić information content (AvgIpc) is 2.58. The van der Waals surface area contributed by atoms with Crippen LogP contribution in [-0.2, 0) is 20.7 Å². The molecule has 0 fully saturated rings. The molecule has 1 unspecified atom stereocenters. The van der Waals surface area contributed by atoms with Crippen molar-refractivity contribution < 1.29 is 19.1 Å². The molecule has 1 aromatic rings. The Labute approximate surface area is 138 Å². The average molecular weight is 321 g/mol. The van der Waals surface area contributed by atoms with Crippen molar-refractivity contribution in [3.8, 4) is 5.75 Å². The van der Waals surface area contributed by atoms with E-state index in [4.69, 9.17) is 9.47 Å². The normalized spacial score (nSPS) is 11.7. The zero-order valence-electron chi connectivity index (χ0n) is 14.5. The molecule has 0 spiro atoms. The lowest BCUT2D eigenvalue weighted by Gasteiger charge is -2.24. The summed E-state index contributed by atoms with van der Waals surface area (Å²) < 4.78 is 10.3. The summed E-state index contributed by atoms with van der Waals surface area (Å²) in [5, 5.41) is 0. The molecule has 0 radical (unpaired) electrons. The fourth-order valence-corrected chi connectivity index (χ4v) is 2.25. The Hall–Kier alpha value is -2.04. The highest BCUT2D eigenvalue weighted by molar-refractivity contribution is 5.79. The predicted octanol–water partition coefficient (Wildman–Crippen LogP) is 2.68. The van der Waals surface area contributed by atoms with Crippen LogP contribution < -0.4 is 4.74 Å². The maximum absolute atomic E-state index is 12.3. The molecule has 0 aliphatic carbocycles. The smallest absolute Gasteiger partial charge is 0.310 e. The zero-order valence-corrected chi connectivity index (χ0v) is 14.5. The molecule has 1 aromatic carbocycles. The summed E-state index contributed by atoms with van der Waals surface area (Å²) in [4.78, 5) is 25.5. The van der Waals surface area contributed by atoms with Crippen LogP contribution in [0, 0.1) is 5.92 Å². The van der Waals surface area contributed by atoms with Gasteiger partial charge in [0, 0.05) is 13.1 Å². The molecule has 0 saturated carbocycles. The minimum Gasteiger partial charge on any atom is -0.484 e. The molecule has 5 nitrogen and oxygen atoms in total. The van der Waals surface area contributed by atoms with E-state index in [1.165, 1.54) is 12.7 Å². The van der Waals surface area contributed by atoms with Crippen molar-refractivity contribution in [1.29, 1.82) is 0 Å². The molecule has 128 valence electrons. The van der Waals surface area contributed by atoms with Crippen molar-refractivity contribution in [2.75, 3.05) is 26.8 Å². The number of hydrogen-bond donors (Lipinski definition) is 0.